The van der Waals surface area contributed by atoms with Crippen LogP contribution in [0.4, 0.5) is 14.0 Å². The van der Waals surface area contributed by atoms with Crippen LogP contribution in [0.25, 0.3) is 0 Å². The second-order valence-corrected chi connectivity index (χ2v) is 7.81. The summed E-state index contributed by atoms with van der Waals surface area (Å²) in [6, 6.07) is 14.0. The van der Waals surface area contributed by atoms with E-state index in [0.29, 0.717) is 26.2 Å². The van der Waals surface area contributed by atoms with Gasteiger partial charge in [0.05, 0.1) is 6.04 Å². The van der Waals surface area contributed by atoms with Gasteiger partial charge < -0.3 is 19.8 Å². The Morgan fingerprint density at radius 2 is 1.83 bits per heavy atom. The zero-order chi connectivity index (χ0) is 20.5. The molecule has 1 saturated heterocycles. The van der Waals surface area contributed by atoms with E-state index in [-0.39, 0.29) is 23.8 Å². The van der Waals surface area contributed by atoms with Crippen LogP contribution < -0.4 is 0 Å². The van der Waals surface area contributed by atoms with Crippen LogP contribution in [-0.2, 0) is 6.42 Å². The topological polar surface area (TPSA) is 64.1 Å². The molecule has 152 valence electrons. The van der Waals surface area contributed by atoms with Crippen LogP contribution in [0, 0.1) is 11.7 Å². The summed E-state index contributed by atoms with van der Waals surface area (Å²) in [7, 11) is 1.76. The number of carbonyl (C=O) groups excluding carboxylic acids is 1. The van der Waals surface area contributed by atoms with Gasteiger partial charge in [-0.05, 0) is 35.2 Å². The Morgan fingerprint density at radius 1 is 1.14 bits per heavy atom. The lowest BCUT2D eigenvalue weighted by atomic mass is 9.88. The summed E-state index contributed by atoms with van der Waals surface area (Å²) in [6.07, 6.45) is -0.150. The minimum absolute atomic E-state index is 0.0948. The zero-order valence-corrected chi connectivity index (χ0v) is 16.3. The lowest BCUT2D eigenvalue weighted by molar-refractivity contribution is 0.0658. The van der Waals surface area contributed by atoms with E-state index >= 15 is 0 Å². The van der Waals surface area contributed by atoms with Crippen LogP contribution in [0.3, 0.4) is 0 Å². The summed E-state index contributed by atoms with van der Waals surface area (Å²) >= 11 is 0. The van der Waals surface area contributed by atoms with Gasteiger partial charge in [0.2, 0.25) is 0 Å². The molecule has 0 radical (unpaired) electrons. The molecule has 1 fully saturated rings. The highest BCUT2D eigenvalue weighted by atomic mass is 19.1. The molecule has 2 aromatic rings. The molecule has 2 heterocycles. The highest BCUT2D eigenvalue weighted by Crippen LogP contribution is 2.36. The number of likely N-dealkylation sites (tertiary alicyclic amines) is 1. The molecule has 2 aromatic carbocycles. The first-order valence-electron chi connectivity index (χ1n) is 9.77. The average molecular weight is 397 g/mol. The average Bonchev–Trinajstić information content (AvgIpc) is 2.69. The molecule has 0 saturated carbocycles. The van der Waals surface area contributed by atoms with Crippen molar-refractivity contribution in [2.24, 2.45) is 5.92 Å². The molecule has 6 nitrogen and oxygen atoms in total. The fraction of sp³-hybridized carbons (Fsp3) is 0.364. The molecule has 1 N–H and O–H groups in total. The number of hydrogen-bond donors (Lipinski definition) is 1. The molecular weight excluding hydrogens is 373 g/mol. The maximum Gasteiger partial charge on any atom is 0.407 e. The lowest BCUT2D eigenvalue weighted by Gasteiger charge is -2.42. The van der Waals surface area contributed by atoms with Gasteiger partial charge in [0.1, 0.15) is 5.82 Å². The van der Waals surface area contributed by atoms with E-state index in [0.717, 1.165) is 17.5 Å². The molecule has 0 bridgehead atoms. The van der Waals surface area contributed by atoms with Crippen molar-refractivity contribution in [3.63, 3.8) is 0 Å². The number of nitrogens with zero attached hydrogens (tertiary/aromatic N) is 3. The number of benzene rings is 2. The fourth-order valence-corrected chi connectivity index (χ4v) is 4.30. The SMILES string of the molecule is CN(CC1CN(C(=O)O)C1)C(=O)N1CCc2ccccc2[C@@H]1c1ccc(F)cc1. The van der Waals surface area contributed by atoms with E-state index in [2.05, 4.69) is 6.07 Å². The van der Waals surface area contributed by atoms with Gasteiger partial charge in [-0.25, -0.2) is 14.0 Å². The number of fused-ring (bicyclic) bond motifs is 1. The Balaban J connectivity index is 1.55. The molecule has 0 unspecified atom stereocenters. The van der Waals surface area contributed by atoms with Crippen molar-refractivity contribution >= 4 is 12.1 Å². The van der Waals surface area contributed by atoms with Crippen LogP contribution in [0.2, 0.25) is 0 Å². The quantitative estimate of drug-likeness (QED) is 0.863. The largest absolute Gasteiger partial charge is 0.465 e. The molecule has 1 atom stereocenters. The number of amides is 3. The fourth-order valence-electron chi connectivity index (χ4n) is 4.30. The van der Waals surface area contributed by atoms with Crippen molar-refractivity contribution in [3.8, 4) is 0 Å². The van der Waals surface area contributed by atoms with Gasteiger partial charge in [0.25, 0.3) is 0 Å². The number of urea groups is 1. The number of rotatable bonds is 3. The molecule has 3 amide bonds. The third-order valence-corrected chi connectivity index (χ3v) is 5.80. The van der Waals surface area contributed by atoms with Gasteiger partial charge in [-0.1, -0.05) is 36.4 Å². The van der Waals surface area contributed by atoms with Crippen LogP contribution in [0.1, 0.15) is 22.7 Å². The van der Waals surface area contributed by atoms with Crippen LogP contribution in [0.15, 0.2) is 48.5 Å². The lowest BCUT2D eigenvalue weighted by Crippen LogP contribution is -2.55. The Labute approximate surface area is 169 Å². The number of halogens is 1. The normalized spacial score (nSPS) is 18.8. The van der Waals surface area contributed by atoms with E-state index in [1.807, 2.05) is 23.1 Å². The highest BCUT2D eigenvalue weighted by Gasteiger charge is 2.36. The van der Waals surface area contributed by atoms with Crippen molar-refractivity contribution in [1.82, 2.24) is 14.7 Å². The van der Waals surface area contributed by atoms with Gasteiger partial charge in [0, 0.05) is 39.1 Å². The van der Waals surface area contributed by atoms with E-state index in [1.54, 1.807) is 24.1 Å². The van der Waals surface area contributed by atoms with E-state index in [4.69, 9.17) is 5.11 Å². The van der Waals surface area contributed by atoms with E-state index in [9.17, 15) is 14.0 Å². The first-order valence-corrected chi connectivity index (χ1v) is 9.77. The minimum atomic E-state index is -0.917. The monoisotopic (exact) mass is 397 g/mol. The van der Waals surface area contributed by atoms with Crippen molar-refractivity contribution in [2.45, 2.75) is 12.5 Å². The predicted octanol–water partition coefficient (Wildman–Crippen LogP) is 3.43. The van der Waals surface area contributed by atoms with Crippen molar-refractivity contribution in [3.05, 3.63) is 71.0 Å². The summed E-state index contributed by atoms with van der Waals surface area (Å²) in [5.41, 5.74) is 3.14. The van der Waals surface area contributed by atoms with E-state index < -0.39 is 6.09 Å². The summed E-state index contributed by atoms with van der Waals surface area (Å²) in [5, 5.41) is 8.98. The summed E-state index contributed by atoms with van der Waals surface area (Å²) in [6.45, 7) is 2.00. The Bertz CT molecular complexity index is 912. The number of hydrogen-bond acceptors (Lipinski definition) is 2. The number of carbonyl (C=O) groups is 2. The first-order chi connectivity index (χ1) is 13.9. The zero-order valence-electron chi connectivity index (χ0n) is 16.3. The molecule has 29 heavy (non-hydrogen) atoms. The Morgan fingerprint density at radius 3 is 2.52 bits per heavy atom. The van der Waals surface area contributed by atoms with Crippen molar-refractivity contribution in [1.29, 1.82) is 0 Å². The van der Waals surface area contributed by atoms with Crippen LogP contribution in [-0.4, -0.2) is 65.2 Å². The molecular formula is C22H24FN3O3. The standard InChI is InChI=1S/C22H24FN3O3/c1-24(12-15-13-25(14-15)22(28)29)21(27)26-11-10-16-4-2-3-5-19(16)20(26)17-6-8-18(23)9-7-17/h2-9,15,20H,10-14H2,1H3,(H,28,29)/t20-/m0/s1. The third-order valence-electron chi connectivity index (χ3n) is 5.80. The molecule has 0 aromatic heterocycles. The molecule has 0 aliphatic carbocycles. The van der Waals surface area contributed by atoms with Gasteiger partial charge >= 0.3 is 12.1 Å². The van der Waals surface area contributed by atoms with E-state index in [1.165, 1.54) is 22.6 Å². The van der Waals surface area contributed by atoms with Crippen molar-refractivity contribution in [2.75, 3.05) is 33.2 Å². The molecule has 0 spiro atoms. The Hall–Kier alpha value is -3.09. The molecule has 7 heteroatoms. The first kappa shape index (κ1) is 19.2. The molecule has 2 aliphatic heterocycles. The summed E-state index contributed by atoms with van der Waals surface area (Å²) in [5.74, 6) is -0.151. The summed E-state index contributed by atoms with van der Waals surface area (Å²) < 4.78 is 13.5. The smallest absolute Gasteiger partial charge is 0.407 e. The Kier molecular flexibility index (Phi) is 5.13. The minimum Gasteiger partial charge on any atom is -0.465 e. The van der Waals surface area contributed by atoms with Gasteiger partial charge in [-0.3, -0.25) is 0 Å². The second kappa shape index (κ2) is 7.73. The van der Waals surface area contributed by atoms with Crippen LogP contribution >= 0.6 is 0 Å². The molecule has 2 aliphatic rings. The maximum atomic E-state index is 13.5. The summed E-state index contributed by atoms with van der Waals surface area (Å²) in [4.78, 5) is 29.1. The maximum absolute atomic E-state index is 13.5. The third kappa shape index (κ3) is 3.77. The second-order valence-electron chi connectivity index (χ2n) is 7.81. The van der Waals surface area contributed by atoms with Gasteiger partial charge in [-0.2, -0.15) is 0 Å². The molecule has 4 rings (SSSR count). The highest BCUT2D eigenvalue weighted by molar-refractivity contribution is 5.76. The van der Waals surface area contributed by atoms with Gasteiger partial charge in [0.15, 0.2) is 0 Å². The van der Waals surface area contributed by atoms with Crippen LogP contribution in [0.5, 0.6) is 0 Å². The predicted molar refractivity (Wildman–Crippen MR) is 106 cm³/mol. The van der Waals surface area contributed by atoms with Gasteiger partial charge in [-0.15, -0.1) is 0 Å². The number of carboxylic acid groups (broad SMARTS) is 1. The van der Waals surface area contributed by atoms with Crippen molar-refractivity contribution < 1.29 is 19.1 Å².